The topological polar surface area (TPSA) is 98.0 Å². The molecule has 0 bridgehead atoms. The summed E-state index contributed by atoms with van der Waals surface area (Å²) in [6.45, 7) is 4.36. The molecule has 4 rings (SSSR count). The van der Waals surface area contributed by atoms with Gasteiger partial charge in [-0.15, -0.1) is 23.5 Å². The lowest BCUT2D eigenvalue weighted by molar-refractivity contribution is 0.200. The SMILES string of the molecule is CCCCSC1(SCCCC)N=C(N)[C@]2(C#N)[C@@H](c3ccccc3)NC3=C(CCC3)[C@@]12C#N. The molecular weight excluding hydrogens is 446 g/mol. The maximum Gasteiger partial charge on any atom is 0.178 e. The van der Waals surface area contributed by atoms with Crippen LogP contribution in [-0.2, 0) is 0 Å². The van der Waals surface area contributed by atoms with Crippen molar-refractivity contribution < 1.29 is 0 Å². The zero-order valence-electron chi connectivity index (χ0n) is 19.6. The van der Waals surface area contributed by atoms with Crippen molar-refractivity contribution in [3.63, 3.8) is 0 Å². The number of fused-ring (bicyclic) bond motifs is 2. The van der Waals surface area contributed by atoms with Gasteiger partial charge >= 0.3 is 0 Å². The molecule has 0 saturated carbocycles. The molecule has 3 atom stereocenters. The summed E-state index contributed by atoms with van der Waals surface area (Å²) in [5, 5.41) is 25.7. The Morgan fingerprint density at radius 1 is 1.06 bits per heavy atom. The highest BCUT2D eigenvalue weighted by atomic mass is 32.2. The van der Waals surface area contributed by atoms with Crippen LogP contribution in [0, 0.1) is 33.5 Å². The molecule has 2 aliphatic heterocycles. The van der Waals surface area contributed by atoms with Gasteiger partial charge < -0.3 is 11.1 Å². The molecule has 0 radical (unpaired) electrons. The number of nitrogens with zero attached hydrogens (tertiary/aromatic N) is 3. The molecule has 3 N–H and O–H groups in total. The second-order valence-electron chi connectivity index (χ2n) is 9.06. The van der Waals surface area contributed by atoms with E-state index in [4.69, 9.17) is 10.7 Å². The van der Waals surface area contributed by atoms with E-state index in [1.54, 1.807) is 23.5 Å². The van der Waals surface area contributed by atoms with Crippen LogP contribution in [0.25, 0.3) is 0 Å². The molecule has 1 aromatic rings. The summed E-state index contributed by atoms with van der Waals surface area (Å²) >= 11 is 3.48. The maximum absolute atomic E-state index is 11.1. The average molecular weight is 480 g/mol. The van der Waals surface area contributed by atoms with Crippen molar-refractivity contribution in [3.8, 4) is 12.1 Å². The van der Waals surface area contributed by atoms with Crippen molar-refractivity contribution in [2.45, 2.75) is 69.0 Å². The number of nitriles is 2. The van der Waals surface area contributed by atoms with Crippen LogP contribution in [0.4, 0.5) is 0 Å². The molecule has 0 spiro atoms. The van der Waals surface area contributed by atoms with Crippen LogP contribution in [0.15, 0.2) is 46.6 Å². The second-order valence-corrected chi connectivity index (χ2v) is 11.9. The number of thioether (sulfide) groups is 2. The first-order valence-corrected chi connectivity index (χ1v) is 14.0. The van der Waals surface area contributed by atoms with Crippen molar-refractivity contribution in [3.05, 3.63) is 47.2 Å². The van der Waals surface area contributed by atoms with Crippen LogP contribution in [0.2, 0.25) is 0 Å². The standard InChI is InChI=1S/C26H33N5S2/c1-3-5-15-32-26(33-16-6-4-2)25(18-28)20-13-10-14-21(20)30-22(19-11-8-7-9-12-19)24(25,17-27)23(29)31-26/h7-9,11-12,22,30H,3-6,10,13-16H2,1-2H3,(H2,29,31)/t22-,24+,25-/m1/s1. The molecule has 0 aromatic heterocycles. The lowest BCUT2D eigenvalue weighted by atomic mass is 9.55. The molecule has 1 aliphatic carbocycles. The zero-order valence-corrected chi connectivity index (χ0v) is 21.2. The highest BCUT2D eigenvalue weighted by Gasteiger charge is 2.77. The lowest BCUT2D eigenvalue weighted by Gasteiger charge is -2.52. The summed E-state index contributed by atoms with van der Waals surface area (Å²) in [6.07, 6.45) is 6.94. The Hall–Kier alpha value is -2.09. The molecule has 7 heteroatoms. The number of allylic oxidation sites excluding steroid dienone is 1. The van der Waals surface area contributed by atoms with Gasteiger partial charge in [0.1, 0.15) is 5.84 Å². The monoisotopic (exact) mass is 479 g/mol. The van der Waals surface area contributed by atoms with E-state index in [0.29, 0.717) is 5.84 Å². The number of rotatable bonds is 9. The smallest absolute Gasteiger partial charge is 0.178 e. The summed E-state index contributed by atoms with van der Waals surface area (Å²) in [5.41, 5.74) is 7.58. The largest absolute Gasteiger partial charge is 0.386 e. The molecule has 33 heavy (non-hydrogen) atoms. The first kappa shape index (κ1) is 24.0. The zero-order chi connectivity index (χ0) is 23.5. The molecule has 3 aliphatic rings. The van der Waals surface area contributed by atoms with Gasteiger partial charge in [-0.2, -0.15) is 10.5 Å². The van der Waals surface area contributed by atoms with Crippen molar-refractivity contribution in [1.29, 1.82) is 10.5 Å². The summed E-state index contributed by atoms with van der Waals surface area (Å²) in [4.78, 5) is 5.13. The van der Waals surface area contributed by atoms with Gasteiger partial charge in [-0.3, -0.25) is 0 Å². The van der Waals surface area contributed by atoms with Gasteiger partial charge in [-0.25, -0.2) is 4.99 Å². The van der Waals surface area contributed by atoms with E-state index in [2.05, 4.69) is 31.3 Å². The van der Waals surface area contributed by atoms with Crippen molar-refractivity contribution >= 4 is 29.4 Å². The van der Waals surface area contributed by atoms with Crippen molar-refractivity contribution in [2.75, 3.05) is 11.5 Å². The lowest BCUT2D eigenvalue weighted by Crippen LogP contribution is -2.61. The van der Waals surface area contributed by atoms with E-state index in [0.717, 1.165) is 73.3 Å². The summed E-state index contributed by atoms with van der Waals surface area (Å²) in [5.74, 6) is 2.09. The third kappa shape index (κ3) is 3.39. The highest BCUT2D eigenvalue weighted by molar-refractivity contribution is 8.18. The minimum absolute atomic E-state index is 0.305. The quantitative estimate of drug-likeness (QED) is 0.339. The molecule has 5 nitrogen and oxygen atoms in total. The first-order chi connectivity index (χ1) is 16.1. The molecule has 0 unspecified atom stereocenters. The molecule has 174 valence electrons. The van der Waals surface area contributed by atoms with Crippen LogP contribution in [-0.4, -0.2) is 21.5 Å². The molecule has 0 amide bonds. The van der Waals surface area contributed by atoms with Gasteiger partial charge in [-0.05, 0) is 54.7 Å². The molecular formula is C26H33N5S2. The number of amidine groups is 1. The number of aliphatic imine (C=N–C) groups is 1. The Morgan fingerprint density at radius 3 is 2.30 bits per heavy atom. The Balaban J connectivity index is 1.97. The van der Waals surface area contributed by atoms with Gasteiger partial charge in [0.25, 0.3) is 0 Å². The molecule has 0 saturated heterocycles. The maximum atomic E-state index is 11.1. The van der Waals surface area contributed by atoms with Crippen molar-refractivity contribution in [2.24, 2.45) is 21.6 Å². The number of hydrogen-bond acceptors (Lipinski definition) is 7. The molecule has 0 fully saturated rings. The van der Waals surface area contributed by atoms with E-state index in [1.807, 2.05) is 30.3 Å². The number of hydrogen-bond donors (Lipinski definition) is 2. The Bertz CT molecular complexity index is 1010. The van der Waals surface area contributed by atoms with E-state index in [-0.39, 0.29) is 0 Å². The normalized spacial score (nSPS) is 29.5. The number of nitrogens with one attached hydrogen (secondary N) is 1. The van der Waals surface area contributed by atoms with Crippen LogP contribution in [0.1, 0.15) is 70.4 Å². The minimum atomic E-state index is -1.26. The predicted molar refractivity (Wildman–Crippen MR) is 138 cm³/mol. The van der Waals surface area contributed by atoms with E-state index in [1.165, 1.54) is 0 Å². The molecule has 1 aromatic carbocycles. The number of unbranched alkanes of at least 4 members (excludes halogenated alkanes) is 2. The Labute approximate surface area is 206 Å². The van der Waals surface area contributed by atoms with Gasteiger partial charge in [0.2, 0.25) is 0 Å². The summed E-state index contributed by atoms with van der Waals surface area (Å²) in [6, 6.07) is 15.0. The average Bonchev–Trinajstić information content (AvgIpc) is 3.39. The van der Waals surface area contributed by atoms with Gasteiger partial charge in [0.15, 0.2) is 15.0 Å². The third-order valence-electron chi connectivity index (χ3n) is 7.23. The van der Waals surface area contributed by atoms with Crippen LogP contribution >= 0.6 is 23.5 Å². The fourth-order valence-corrected chi connectivity index (χ4v) is 9.28. The summed E-state index contributed by atoms with van der Waals surface area (Å²) in [7, 11) is 0. The fraction of sp³-hybridized carbons (Fsp3) is 0.577. The first-order valence-electron chi connectivity index (χ1n) is 12.1. The van der Waals surface area contributed by atoms with E-state index in [9.17, 15) is 10.5 Å². The highest BCUT2D eigenvalue weighted by Crippen LogP contribution is 2.72. The molecule has 2 heterocycles. The third-order valence-corrected chi connectivity index (χ3v) is 10.5. The van der Waals surface area contributed by atoms with Crippen LogP contribution in [0.3, 0.4) is 0 Å². The van der Waals surface area contributed by atoms with Crippen LogP contribution in [0.5, 0.6) is 0 Å². The van der Waals surface area contributed by atoms with Gasteiger partial charge in [0.05, 0.1) is 18.2 Å². The summed E-state index contributed by atoms with van der Waals surface area (Å²) < 4.78 is -0.814. The Morgan fingerprint density at radius 2 is 1.73 bits per heavy atom. The minimum Gasteiger partial charge on any atom is -0.386 e. The predicted octanol–water partition coefficient (Wildman–Crippen LogP) is 5.88. The second kappa shape index (κ2) is 9.65. The van der Waals surface area contributed by atoms with E-state index >= 15 is 0 Å². The van der Waals surface area contributed by atoms with Crippen molar-refractivity contribution in [1.82, 2.24) is 5.32 Å². The van der Waals surface area contributed by atoms with Gasteiger partial charge in [0, 0.05) is 5.70 Å². The van der Waals surface area contributed by atoms with E-state index < -0.39 is 21.1 Å². The number of benzene rings is 1. The Kier molecular flexibility index (Phi) is 7.03. The number of nitrogens with two attached hydrogens (primary N) is 1. The van der Waals surface area contributed by atoms with Gasteiger partial charge in [-0.1, -0.05) is 57.0 Å². The van der Waals surface area contributed by atoms with Crippen LogP contribution < -0.4 is 11.1 Å². The fourth-order valence-electron chi connectivity index (χ4n) is 5.61.